The van der Waals surface area contributed by atoms with Crippen LogP contribution in [0.25, 0.3) is 11.5 Å². The molecule has 3 N–H and O–H groups in total. The molecule has 0 radical (unpaired) electrons. The molecule has 24 heavy (non-hydrogen) atoms. The summed E-state index contributed by atoms with van der Waals surface area (Å²) in [4.78, 5) is 16.6. The second-order valence-corrected chi connectivity index (χ2v) is 6.71. The number of aromatic nitrogens is 1. The number of carbonyl (C=O) groups excluding carboxylic acids is 1. The SMILES string of the molecule is CC(CN)(NC(=O)Cc1coc(-c2ccc(Cl)cc2)n1)C1CC1.Cl. The van der Waals surface area contributed by atoms with Gasteiger partial charge >= 0.3 is 0 Å². The number of amides is 1. The number of oxazole rings is 1. The Bertz CT molecular complexity index is 698. The molecule has 1 aromatic heterocycles. The van der Waals surface area contributed by atoms with Crippen molar-refractivity contribution in [2.24, 2.45) is 11.7 Å². The van der Waals surface area contributed by atoms with Crippen molar-refractivity contribution in [1.29, 1.82) is 0 Å². The van der Waals surface area contributed by atoms with Gasteiger partial charge in [0.2, 0.25) is 11.8 Å². The minimum absolute atomic E-state index is 0. The van der Waals surface area contributed by atoms with Crippen molar-refractivity contribution >= 4 is 29.9 Å². The summed E-state index contributed by atoms with van der Waals surface area (Å²) < 4.78 is 5.45. The Morgan fingerprint density at radius 3 is 2.67 bits per heavy atom. The average Bonchev–Trinajstić information content (AvgIpc) is 3.29. The van der Waals surface area contributed by atoms with E-state index in [0.717, 1.165) is 18.4 Å². The first kappa shape index (κ1) is 18.8. The van der Waals surface area contributed by atoms with Crippen LogP contribution in [0.1, 0.15) is 25.5 Å². The molecule has 1 aliphatic rings. The predicted molar refractivity (Wildman–Crippen MR) is 96.2 cm³/mol. The Morgan fingerprint density at radius 2 is 2.08 bits per heavy atom. The smallest absolute Gasteiger partial charge is 0.226 e. The molecule has 0 bridgehead atoms. The fourth-order valence-electron chi connectivity index (χ4n) is 2.68. The number of halogens is 2. The number of carbonyl (C=O) groups is 1. The lowest BCUT2D eigenvalue weighted by molar-refractivity contribution is -0.122. The zero-order chi connectivity index (χ0) is 16.4. The Labute approximate surface area is 152 Å². The van der Waals surface area contributed by atoms with E-state index < -0.39 is 0 Å². The Kier molecular flexibility index (Phi) is 5.91. The maximum atomic E-state index is 12.2. The van der Waals surface area contributed by atoms with E-state index in [-0.39, 0.29) is 30.3 Å². The summed E-state index contributed by atoms with van der Waals surface area (Å²) >= 11 is 5.86. The molecule has 1 fully saturated rings. The van der Waals surface area contributed by atoms with Gasteiger partial charge in [0.1, 0.15) is 6.26 Å². The Morgan fingerprint density at radius 1 is 1.42 bits per heavy atom. The third-order valence-electron chi connectivity index (χ3n) is 4.31. The standard InChI is InChI=1S/C17H20ClN3O2.ClH/c1-17(10-19,12-4-5-12)21-15(22)8-14-9-23-16(20-14)11-2-6-13(18)7-3-11;/h2-3,6-7,9,12H,4-5,8,10,19H2,1H3,(H,21,22);1H. The number of rotatable bonds is 6. The van der Waals surface area contributed by atoms with Crippen LogP contribution in [-0.4, -0.2) is 23.0 Å². The number of nitrogens with two attached hydrogens (primary N) is 1. The molecule has 0 spiro atoms. The molecule has 0 aliphatic heterocycles. The first-order valence-corrected chi connectivity index (χ1v) is 8.09. The maximum absolute atomic E-state index is 12.2. The fraction of sp³-hybridized carbons (Fsp3) is 0.412. The normalized spacial score (nSPS) is 16.1. The van der Waals surface area contributed by atoms with Crippen molar-refractivity contribution < 1.29 is 9.21 Å². The molecule has 2 aromatic rings. The topological polar surface area (TPSA) is 81.1 Å². The van der Waals surface area contributed by atoms with Crippen molar-refractivity contribution in [3.63, 3.8) is 0 Å². The van der Waals surface area contributed by atoms with Gasteiger partial charge in [-0.1, -0.05) is 11.6 Å². The molecular formula is C17H21Cl2N3O2. The van der Waals surface area contributed by atoms with Gasteiger partial charge in [0.05, 0.1) is 17.7 Å². The minimum atomic E-state index is -0.320. The van der Waals surface area contributed by atoms with Crippen LogP contribution in [0.2, 0.25) is 5.02 Å². The molecule has 1 aromatic carbocycles. The molecule has 1 saturated carbocycles. The predicted octanol–water partition coefficient (Wildman–Crippen LogP) is 3.20. The monoisotopic (exact) mass is 369 g/mol. The van der Waals surface area contributed by atoms with E-state index in [1.165, 1.54) is 6.26 Å². The van der Waals surface area contributed by atoms with Crippen molar-refractivity contribution in [2.75, 3.05) is 6.54 Å². The van der Waals surface area contributed by atoms with Gasteiger partial charge in [0, 0.05) is 17.1 Å². The van der Waals surface area contributed by atoms with E-state index in [1.54, 1.807) is 12.1 Å². The van der Waals surface area contributed by atoms with Crippen LogP contribution in [0.3, 0.4) is 0 Å². The molecule has 1 heterocycles. The molecule has 1 amide bonds. The number of nitrogens with zero attached hydrogens (tertiary/aromatic N) is 1. The lowest BCUT2D eigenvalue weighted by Gasteiger charge is -2.29. The summed E-state index contributed by atoms with van der Waals surface area (Å²) in [5.41, 5.74) is 6.93. The first-order chi connectivity index (χ1) is 11.0. The first-order valence-electron chi connectivity index (χ1n) is 7.71. The highest BCUT2D eigenvalue weighted by Gasteiger charge is 2.41. The Hall–Kier alpha value is -1.56. The van der Waals surface area contributed by atoms with Gasteiger partial charge in [-0.05, 0) is 49.9 Å². The minimum Gasteiger partial charge on any atom is -0.444 e. The van der Waals surface area contributed by atoms with Gasteiger partial charge in [-0.15, -0.1) is 12.4 Å². The lowest BCUT2D eigenvalue weighted by atomic mass is 9.95. The van der Waals surface area contributed by atoms with E-state index in [9.17, 15) is 4.79 Å². The molecule has 7 heteroatoms. The number of hydrogen-bond donors (Lipinski definition) is 2. The molecular weight excluding hydrogens is 349 g/mol. The van der Waals surface area contributed by atoms with Crippen LogP contribution >= 0.6 is 24.0 Å². The van der Waals surface area contributed by atoms with Gasteiger partial charge < -0.3 is 15.5 Å². The van der Waals surface area contributed by atoms with Gasteiger partial charge in [-0.25, -0.2) is 4.98 Å². The molecule has 0 saturated heterocycles. The molecule has 1 unspecified atom stereocenters. The highest BCUT2D eigenvalue weighted by molar-refractivity contribution is 6.30. The van der Waals surface area contributed by atoms with Crippen LogP contribution in [0.5, 0.6) is 0 Å². The fourth-order valence-corrected chi connectivity index (χ4v) is 2.81. The third-order valence-corrected chi connectivity index (χ3v) is 4.56. The summed E-state index contributed by atoms with van der Waals surface area (Å²) in [6.45, 7) is 2.45. The summed E-state index contributed by atoms with van der Waals surface area (Å²) in [6, 6.07) is 7.21. The van der Waals surface area contributed by atoms with Crippen molar-refractivity contribution in [2.45, 2.75) is 31.7 Å². The quantitative estimate of drug-likeness (QED) is 0.818. The number of hydrogen-bond acceptors (Lipinski definition) is 4. The second-order valence-electron chi connectivity index (χ2n) is 6.27. The molecule has 5 nitrogen and oxygen atoms in total. The zero-order valence-corrected chi connectivity index (χ0v) is 15.0. The maximum Gasteiger partial charge on any atom is 0.226 e. The van der Waals surface area contributed by atoms with Crippen molar-refractivity contribution in [3.8, 4) is 11.5 Å². The van der Waals surface area contributed by atoms with Gasteiger partial charge in [0.25, 0.3) is 0 Å². The number of benzene rings is 1. The molecule has 3 rings (SSSR count). The molecule has 130 valence electrons. The van der Waals surface area contributed by atoms with Crippen LogP contribution in [0, 0.1) is 5.92 Å². The molecule has 1 aliphatic carbocycles. The van der Waals surface area contributed by atoms with Crippen molar-refractivity contribution in [1.82, 2.24) is 10.3 Å². The average molecular weight is 370 g/mol. The van der Waals surface area contributed by atoms with Gasteiger partial charge in [-0.3, -0.25) is 4.79 Å². The lowest BCUT2D eigenvalue weighted by Crippen LogP contribution is -2.53. The van der Waals surface area contributed by atoms with Crippen molar-refractivity contribution in [3.05, 3.63) is 41.2 Å². The van der Waals surface area contributed by atoms with E-state index in [4.69, 9.17) is 21.8 Å². The van der Waals surface area contributed by atoms with Crippen LogP contribution < -0.4 is 11.1 Å². The van der Waals surface area contributed by atoms with Crippen LogP contribution in [-0.2, 0) is 11.2 Å². The number of nitrogens with one attached hydrogen (secondary N) is 1. The largest absolute Gasteiger partial charge is 0.444 e. The van der Waals surface area contributed by atoms with E-state index in [1.807, 2.05) is 19.1 Å². The highest BCUT2D eigenvalue weighted by Crippen LogP contribution is 2.39. The summed E-state index contributed by atoms with van der Waals surface area (Å²) in [5, 5.41) is 3.70. The summed E-state index contributed by atoms with van der Waals surface area (Å²) in [6.07, 6.45) is 3.94. The van der Waals surface area contributed by atoms with Gasteiger partial charge in [-0.2, -0.15) is 0 Å². The van der Waals surface area contributed by atoms with E-state index in [0.29, 0.717) is 29.1 Å². The Balaban J connectivity index is 0.00000208. The van der Waals surface area contributed by atoms with Crippen LogP contribution in [0.15, 0.2) is 34.9 Å². The highest BCUT2D eigenvalue weighted by atomic mass is 35.5. The van der Waals surface area contributed by atoms with E-state index >= 15 is 0 Å². The second kappa shape index (κ2) is 7.55. The third kappa shape index (κ3) is 4.29. The van der Waals surface area contributed by atoms with Gasteiger partial charge in [0.15, 0.2) is 0 Å². The van der Waals surface area contributed by atoms with Crippen LogP contribution in [0.4, 0.5) is 0 Å². The molecule has 1 atom stereocenters. The zero-order valence-electron chi connectivity index (χ0n) is 13.4. The summed E-state index contributed by atoms with van der Waals surface area (Å²) in [5.74, 6) is 0.882. The summed E-state index contributed by atoms with van der Waals surface area (Å²) in [7, 11) is 0. The van der Waals surface area contributed by atoms with E-state index in [2.05, 4.69) is 10.3 Å².